The molecule has 14 aromatic carbocycles. The van der Waals surface area contributed by atoms with Crippen molar-refractivity contribution >= 4 is 120 Å². The van der Waals surface area contributed by atoms with E-state index in [1.54, 1.807) is 0 Å². The first-order valence-electron chi connectivity index (χ1n) is 28.0. The molecule has 79 heavy (non-hydrogen) atoms. The second-order valence-electron chi connectivity index (χ2n) is 23.2. The number of hydrogen-bond acceptors (Lipinski definition) is 2. The van der Waals surface area contributed by atoms with E-state index in [-0.39, 0.29) is 5.41 Å². The molecule has 0 atom stereocenters. The molecule has 0 aromatic heterocycles. The van der Waals surface area contributed by atoms with Gasteiger partial charge in [0.2, 0.25) is 0 Å². The average molecular weight is 1010 g/mol. The van der Waals surface area contributed by atoms with Crippen LogP contribution < -0.4 is 9.80 Å². The predicted octanol–water partition coefficient (Wildman–Crippen LogP) is 22.0. The van der Waals surface area contributed by atoms with Crippen molar-refractivity contribution in [2.45, 2.75) is 60.8 Å². The second kappa shape index (κ2) is 17.4. The number of benzene rings is 14. The van der Waals surface area contributed by atoms with Crippen molar-refractivity contribution in [3.05, 3.63) is 263 Å². The summed E-state index contributed by atoms with van der Waals surface area (Å²) in [6, 6.07) is 83.1. The molecule has 378 valence electrons. The van der Waals surface area contributed by atoms with Gasteiger partial charge in [0.15, 0.2) is 0 Å². The molecule has 14 aromatic rings. The van der Waals surface area contributed by atoms with Crippen LogP contribution in [0.1, 0.15) is 58.4 Å². The lowest BCUT2D eigenvalue weighted by Crippen LogP contribution is -2.15. The quantitative estimate of drug-likeness (QED) is 0.153. The zero-order valence-corrected chi connectivity index (χ0v) is 46.2. The largest absolute Gasteiger partial charge is 0.310 e. The summed E-state index contributed by atoms with van der Waals surface area (Å²) < 4.78 is 0. The van der Waals surface area contributed by atoms with Crippen molar-refractivity contribution in [2.75, 3.05) is 9.80 Å². The molecule has 0 saturated heterocycles. The summed E-state index contributed by atoms with van der Waals surface area (Å²) in [4.78, 5) is 4.94. The minimum Gasteiger partial charge on any atom is -0.310 e. The zero-order chi connectivity index (χ0) is 53.6. The van der Waals surface area contributed by atoms with Crippen molar-refractivity contribution in [3.8, 4) is 11.1 Å². The smallest absolute Gasteiger partial charge is 0.0540 e. The van der Waals surface area contributed by atoms with Gasteiger partial charge in [-0.05, 0) is 269 Å². The first-order chi connectivity index (χ1) is 38.4. The van der Waals surface area contributed by atoms with Crippen molar-refractivity contribution in [1.29, 1.82) is 0 Å². The minimum absolute atomic E-state index is 0.261. The molecule has 0 amide bonds. The number of fused-ring (bicyclic) bond motifs is 17. The Morgan fingerprint density at radius 3 is 1.13 bits per heavy atom. The number of anilines is 6. The van der Waals surface area contributed by atoms with Crippen LogP contribution in [0.25, 0.3) is 97.3 Å². The SMILES string of the molecule is Cc1cc(N(c2cc(C)c(C)c(C)c2)c2ccc3c(c2)c2ccccc2c2cc4c(cc32)C(C)(C)c2cc3c5ccc(N(c6ccc7ccccc7c6)c6cccc7ccccc67)cc5c5ccccc5c3cc2-4)cc(C)c1C. The van der Waals surface area contributed by atoms with Crippen LogP contribution in [-0.4, -0.2) is 0 Å². The van der Waals surface area contributed by atoms with Crippen molar-refractivity contribution in [3.63, 3.8) is 0 Å². The molecular formula is C77H60N2. The fourth-order valence-electron chi connectivity index (χ4n) is 13.8. The van der Waals surface area contributed by atoms with Gasteiger partial charge in [-0.1, -0.05) is 141 Å². The fourth-order valence-corrected chi connectivity index (χ4v) is 13.8. The molecule has 1 aliphatic rings. The van der Waals surface area contributed by atoms with Crippen molar-refractivity contribution < 1.29 is 0 Å². The summed E-state index contributed by atoms with van der Waals surface area (Å²) in [6.45, 7) is 18.3. The molecule has 0 spiro atoms. The van der Waals surface area contributed by atoms with Gasteiger partial charge in [-0.2, -0.15) is 0 Å². The number of hydrogen-bond donors (Lipinski definition) is 0. The van der Waals surface area contributed by atoms with Gasteiger partial charge in [0.25, 0.3) is 0 Å². The van der Waals surface area contributed by atoms with E-state index in [9.17, 15) is 0 Å². The van der Waals surface area contributed by atoms with Crippen LogP contribution >= 0.6 is 0 Å². The van der Waals surface area contributed by atoms with Gasteiger partial charge < -0.3 is 9.80 Å². The third-order valence-electron chi connectivity index (χ3n) is 18.4. The van der Waals surface area contributed by atoms with Crippen LogP contribution in [0.15, 0.2) is 218 Å². The molecule has 2 nitrogen and oxygen atoms in total. The molecule has 1 aliphatic carbocycles. The summed E-state index contributed by atoms with van der Waals surface area (Å²) in [6.07, 6.45) is 0. The number of nitrogens with zero attached hydrogens (tertiary/aromatic N) is 2. The van der Waals surface area contributed by atoms with Crippen LogP contribution in [0.4, 0.5) is 34.1 Å². The minimum atomic E-state index is -0.261. The van der Waals surface area contributed by atoms with E-state index in [0.29, 0.717) is 0 Å². The molecule has 0 heterocycles. The van der Waals surface area contributed by atoms with E-state index < -0.39 is 0 Å². The van der Waals surface area contributed by atoms with Crippen molar-refractivity contribution in [1.82, 2.24) is 0 Å². The van der Waals surface area contributed by atoms with E-state index in [1.165, 1.54) is 153 Å². The Morgan fingerprint density at radius 1 is 0.253 bits per heavy atom. The Bertz CT molecular complexity index is 4850. The summed E-state index contributed by atoms with van der Waals surface area (Å²) in [5.74, 6) is 0. The molecule has 2 heteroatoms. The number of rotatable bonds is 6. The average Bonchev–Trinajstić information content (AvgIpc) is 3.92. The number of aryl methyl sites for hydroxylation is 4. The summed E-state index contributed by atoms with van der Waals surface area (Å²) in [7, 11) is 0. The normalized spacial score (nSPS) is 12.9. The standard InChI is InChI=1S/C77H60N2/c1-45-34-57(35-46(2)49(45)5)78(58-36-47(3)50(6)48(4)37-58)55-30-32-64-66(39-55)60-23-13-15-25-62(60)68-41-72-73-42-69-63-26-16-14-24-61(63)67-40-56(31-33-65(67)71(69)44-75(73)77(7,8)74(72)43-70(64)68)79(54-29-28-51-18-9-10-20-53(51)38-54)76-27-17-21-52-19-11-12-22-59(52)76/h9-44H,1-8H3. The highest BCUT2D eigenvalue weighted by Crippen LogP contribution is 2.55. The van der Waals surface area contributed by atoms with Gasteiger partial charge in [-0.3, -0.25) is 0 Å². The predicted molar refractivity (Wildman–Crippen MR) is 342 cm³/mol. The molecule has 0 unspecified atom stereocenters. The maximum Gasteiger partial charge on any atom is 0.0540 e. The maximum absolute atomic E-state index is 2.55. The van der Waals surface area contributed by atoms with Crippen LogP contribution in [0.2, 0.25) is 0 Å². The molecular weight excluding hydrogens is 953 g/mol. The maximum atomic E-state index is 2.55. The van der Waals surface area contributed by atoms with E-state index in [1.807, 2.05) is 0 Å². The van der Waals surface area contributed by atoms with E-state index in [2.05, 4.69) is 284 Å². The molecule has 15 rings (SSSR count). The third-order valence-corrected chi connectivity index (χ3v) is 18.4. The van der Waals surface area contributed by atoms with Crippen LogP contribution in [-0.2, 0) is 5.41 Å². The van der Waals surface area contributed by atoms with Crippen LogP contribution in [0.5, 0.6) is 0 Å². The third kappa shape index (κ3) is 7.10. The highest BCUT2D eigenvalue weighted by Gasteiger charge is 2.37. The molecule has 0 bridgehead atoms. The molecule has 0 fully saturated rings. The lowest BCUT2D eigenvalue weighted by atomic mass is 9.80. The highest BCUT2D eigenvalue weighted by molar-refractivity contribution is 6.29. The van der Waals surface area contributed by atoms with Gasteiger partial charge >= 0.3 is 0 Å². The van der Waals surface area contributed by atoms with Gasteiger partial charge in [0.1, 0.15) is 0 Å². The Morgan fingerprint density at radius 2 is 0.620 bits per heavy atom. The summed E-state index contributed by atoms with van der Waals surface area (Å²) >= 11 is 0. The monoisotopic (exact) mass is 1010 g/mol. The highest BCUT2D eigenvalue weighted by atomic mass is 15.1. The Hall–Kier alpha value is -9.24. The first-order valence-corrected chi connectivity index (χ1v) is 28.0. The van der Waals surface area contributed by atoms with Gasteiger partial charge in [0.05, 0.1) is 5.69 Å². The van der Waals surface area contributed by atoms with Gasteiger partial charge in [-0.25, -0.2) is 0 Å². The first kappa shape index (κ1) is 47.0. The molecule has 0 aliphatic heterocycles. The summed E-state index contributed by atoms with van der Waals surface area (Å²) in [5.41, 5.74) is 20.0. The van der Waals surface area contributed by atoms with Gasteiger partial charge in [-0.15, -0.1) is 0 Å². The van der Waals surface area contributed by atoms with E-state index >= 15 is 0 Å². The lowest BCUT2D eigenvalue weighted by molar-refractivity contribution is 0.662. The Kier molecular flexibility index (Phi) is 10.3. The van der Waals surface area contributed by atoms with Crippen LogP contribution in [0, 0.1) is 41.5 Å². The topological polar surface area (TPSA) is 6.48 Å². The Labute approximate surface area is 462 Å². The van der Waals surface area contributed by atoms with Gasteiger partial charge in [0, 0.05) is 39.2 Å². The van der Waals surface area contributed by atoms with E-state index in [4.69, 9.17) is 0 Å². The molecule has 0 radical (unpaired) electrons. The van der Waals surface area contributed by atoms with Crippen LogP contribution in [0.3, 0.4) is 0 Å². The zero-order valence-electron chi connectivity index (χ0n) is 46.2. The molecule has 0 saturated carbocycles. The lowest BCUT2D eigenvalue weighted by Gasteiger charge is -2.28. The Balaban J connectivity index is 0.922. The van der Waals surface area contributed by atoms with Crippen molar-refractivity contribution in [2.24, 2.45) is 0 Å². The molecule has 0 N–H and O–H groups in total. The van der Waals surface area contributed by atoms with E-state index in [0.717, 1.165) is 22.7 Å². The summed E-state index contributed by atoms with van der Waals surface area (Å²) in [5, 5.41) is 20.2. The second-order valence-corrected chi connectivity index (χ2v) is 23.2. The fraction of sp³-hybridized carbons (Fsp3) is 0.117.